The number of aromatic nitrogens is 2. The summed E-state index contributed by atoms with van der Waals surface area (Å²) >= 11 is 0. The van der Waals surface area contributed by atoms with Gasteiger partial charge >= 0.3 is 0 Å². The molecule has 1 aromatic rings. The van der Waals surface area contributed by atoms with Gasteiger partial charge in [0, 0.05) is 18.8 Å². The second-order valence-corrected chi connectivity index (χ2v) is 5.30. The molecule has 114 valence electrons. The highest BCUT2D eigenvalue weighted by Gasteiger charge is 2.19. The van der Waals surface area contributed by atoms with E-state index in [0.29, 0.717) is 0 Å². The lowest BCUT2D eigenvalue weighted by atomic mass is 10.0. The molecule has 0 saturated carbocycles. The molecule has 2 N–H and O–H groups in total. The Morgan fingerprint density at radius 1 is 1.50 bits per heavy atom. The van der Waals surface area contributed by atoms with Crippen molar-refractivity contribution in [2.45, 2.75) is 52.1 Å². The molecule has 20 heavy (non-hydrogen) atoms. The second-order valence-electron chi connectivity index (χ2n) is 5.30. The van der Waals surface area contributed by atoms with Crippen LogP contribution in [-0.4, -0.2) is 34.8 Å². The molecule has 1 aliphatic heterocycles. The molecule has 1 aromatic heterocycles. The minimum atomic E-state index is 0. The van der Waals surface area contributed by atoms with Crippen molar-refractivity contribution in [3.05, 3.63) is 17.5 Å². The first-order chi connectivity index (χ1) is 9.16. The van der Waals surface area contributed by atoms with Crippen LogP contribution >= 0.6 is 12.4 Å². The van der Waals surface area contributed by atoms with Crippen LogP contribution in [0.15, 0.2) is 6.07 Å². The number of carbonyl (C=O) groups is 1. The molecule has 0 radical (unpaired) electrons. The maximum atomic E-state index is 11.9. The third-order valence-electron chi connectivity index (χ3n) is 3.58. The van der Waals surface area contributed by atoms with Gasteiger partial charge in [0.15, 0.2) is 0 Å². The van der Waals surface area contributed by atoms with Crippen LogP contribution in [0.3, 0.4) is 0 Å². The highest BCUT2D eigenvalue weighted by Crippen LogP contribution is 2.07. The topological polar surface area (TPSA) is 59.0 Å². The molecule has 2 rings (SSSR count). The fourth-order valence-corrected chi connectivity index (χ4v) is 2.54. The molecule has 0 spiro atoms. The third kappa shape index (κ3) is 4.80. The van der Waals surface area contributed by atoms with Crippen molar-refractivity contribution in [1.82, 2.24) is 20.4 Å². The molecule has 0 bridgehead atoms. The van der Waals surface area contributed by atoms with Gasteiger partial charge in [-0.1, -0.05) is 6.42 Å². The summed E-state index contributed by atoms with van der Waals surface area (Å²) in [6.07, 6.45) is 4.21. The number of aryl methyl sites for hydroxylation is 3. The molecular formula is C14H25ClN4O. The molecular weight excluding hydrogens is 276 g/mol. The van der Waals surface area contributed by atoms with E-state index < -0.39 is 0 Å². The Bertz CT molecular complexity index is 427. The zero-order valence-electron chi connectivity index (χ0n) is 12.3. The van der Waals surface area contributed by atoms with Crippen LogP contribution in [-0.2, 0) is 11.3 Å². The summed E-state index contributed by atoms with van der Waals surface area (Å²) in [4.78, 5) is 11.9. The molecule has 1 aliphatic rings. The third-order valence-corrected chi connectivity index (χ3v) is 3.58. The Kier molecular flexibility index (Phi) is 7.02. The van der Waals surface area contributed by atoms with Crippen LogP contribution in [0.1, 0.15) is 37.1 Å². The Hall–Kier alpha value is -1.07. The molecule has 1 atom stereocenters. The normalized spacial score (nSPS) is 18.4. The summed E-state index contributed by atoms with van der Waals surface area (Å²) in [6, 6.07) is 2.09. The van der Waals surface area contributed by atoms with Gasteiger partial charge in [0.05, 0.1) is 11.7 Å². The molecule has 1 unspecified atom stereocenters. The molecule has 1 saturated heterocycles. The average molecular weight is 301 g/mol. The lowest BCUT2D eigenvalue weighted by Crippen LogP contribution is -2.46. The van der Waals surface area contributed by atoms with E-state index in [0.717, 1.165) is 44.6 Å². The number of nitrogens with zero attached hydrogens (tertiary/aromatic N) is 2. The predicted molar refractivity (Wildman–Crippen MR) is 82.2 cm³/mol. The van der Waals surface area contributed by atoms with Crippen LogP contribution in [0.5, 0.6) is 0 Å². The van der Waals surface area contributed by atoms with Gasteiger partial charge in [0.25, 0.3) is 0 Å². The lowest BCUT2D eigenvalue weighted by Gasteiger charge is -2.22. The Morgan fingerprint density at radius 3 is 2.90 bits per heavy atom. The van der Waals surface area contributed by atoms with Gasteiger partial charge in [-0.25, -0.2) is 0 Å². The van der Waals surface area contributed by atoms with Crippen molar-refractivity contribution in [3.63, 3.8) is 0 Å². The van der Waals surface area contributed by atoms with E-state index in [9.17, 15) is 4.79 Å². The van der Waals surface area contributed by atoms with Gasteiger partial charge < -0.3 is 10.6 Å². The van der Waals surface area contributed by atoms with Crippen LogP contribution in [0.2, 0.25) is 0 Å². The van der Waals surface area contributed by atoms with E-state index in [2.05, 4.69) is 28.7 Å². The van der Waals surface area contributed by atoms with Crippen LogP contribution in [0.4, 0.5) is 0 Å². The van der Waals surface area contributed by atoms with Crippen LogP contribution in [0.25, 0.3) is 0 Å². The van der Waals surface area contributed by atoms with Gasteiger partial charge in [0.2, 0.25) is 5.91 Å². The van der Waals surface area contributed by atoms with Crippen molar-refractivity contribution >= 4 is 18.3 Å². The average Bonchev–Trinajstić information content (AvgIpc) is 2.74. The van der Waals surface area contributed by atoms with E-state index in [1.807, 2.05) is 11.6 Å². The molecule has 1 fully saturated rings. The first-order valence-electron chi connectivity index (χ1n) is 7.19. The quantitative estimate of drug-likeness (QED) is 0.812. The molecule has 0 aliphatic carbocycles. The monoisotopic (exact) mass is 300 g/mol. The minimum absolute atomic E-state index is 0. The molecule has 2 heterocycles. The Balaban J connectivity index is 0.00000200. The summed E-state index contributed by atoms with van der Waals surface area (Å²) in [5.74, 6) is 0.146. The first kappa shape index (κ1) is 17.0. The number of halogens is 1. The van der Waals surface area contributed by atoms with Crippen LogP contribution in [0, 0.1) is 13.8 Å². The van der Waals surface area contributed by atoms with Crippen molar-refractivity contribution in [2.75, 3.05) is 13.1 Å². The van der Waals surface area contributed by atoms with Gasteiger partial charge in [-0.05, 0) is 45.7 Å². The second kappa shape index (κ2) is 8.27. The summed E-state index contributed by atoms with van der Waals surface area (Å²) < 4.78 is 2.00. The van der Waals surface area contributed by atoms with Gasteiger partial charge in [-0.2, -0.15) is 5.10 Å². The predicted octanol–water partition coefficient (Wildman–Crippen LogP) is 1.57. The van der Waals surface area contributed by atoms with E-state index in [1.54, 1.807) is 0 Å². The molecule has 5 nitrogen and oxygen atoms in total. The maximum absolute atomic E-state index is 11.9. The number of hydrogen-bond donors (Lipinski definition) is 2. The van der Waals surface area contributed by atoms with Crippen molar-refractivity contribution in [1.29, 1.82) is 0 Å². The molecule has 1 amide bonds. The Labute approximate surface area is 126 Å². The van der Waals surface area contributed by atoms with E-state index in [4.69, 9.17) is 0 Å². The number of amides is 1. The first-order valence-corrected chi connectivity index (χ1v) is 7.19. The van der Waals surface area contributed by atoms with Gasteiger partial charge in [-0.15, -0.1) is 12.4 Å². The minimum Gasteiger partial charge on any atom is -0.355 e. The largest absolute Gasteiger partial charge is 0.355 e. The Morgan fingerprint density at radius 2 is 2.30 bits per heavy atom. The number of hydrogen-bond acceptors (Lipinski definition) is 3. The number of piperidine rings is 1. The van der Waals surface area contributed by atoms with Gasteiger partial charge in [0.1, 0.15) is 0 Å². The fourth-order valence-electron chi connectivity index (χ4n) is 2.54. The van der Waals surface area contributed by atoms with E-state index in [1.165, 1.54) is 12.1 Å². The van der Waals surface area contributed by atoms with Crippen molar-refractivity contribution in [2.24, 2.45) is 0 Å². The summed E-state index contributed by atoms with van der Waals surface area (Å²) in [5, 5.41) is 10.7. The fraction of sp³-hybridized carbons (Fsp3) is 0.714. The van der Waals surface area contributed by atoms with Gasteiger partial charge in [-0.3, -0.25) is 9.48 Å². The highest BCUT2D eigenvalue weighted by molar-refractivity contribution is 5.85. The lowest BCUT2D eigenvalue weighted by molar-refractivity contribution is -0.123. The smallest absolute Gasteiger partial charge is 0.237 e. The summed E-state index contributed by atoms with van der Waals surface area (Å²) in [5.41, 5.74) is 2.23. The summed E-state index contributed by atoms with van der Waals surface area (Å²) in [7, 11) is 0. The van der Waals surface area contributed by atoms with E-state index in [-0.39, 0.29) is 24.4 Å². The molecule has 0 aromatic carbocycles. The zero-order chi connectivity index (χ0) is 13.7. The zero-order valence-corrected chi connectivity index (χ0v) is 13.1. The number of nitrogens with one attached hydrogen (secondary N) is 2. The highest BCUT2D eigenvalue weighted by atomic mass is 35.5. The van der Waals surface area contributed by atoms with Crippen molar-refractivity contribution < 1.29 is 4.79 Å². The SMILES string of the molecule is Cc1cc(C)n(CCCNC(=O)C2CCCCN2)n1.Cl. The van der Waals surface area contributed by atoms with Crippen LogP contribution < -0.4 is 10.6 Å². The number of rotatable bonds is 5. The maximum Gasteiger partial charge on any atom is 0.237 e. The number of carbonyl (C=O) groups excluding carboxylic acids is 1. The molecule has 6 heteroatoms. The summed E-state index contributed by atoms with van der Waals surface area (Å²) in [6.45, 7) is 6.60. The van der Waals surface area contributed by atoms with Crippen molar-refractivity contribution in [3.8, 4) is 0 Å². The van der Waals surface area contributed by atoms with E-state index >= 15 is 0 Å². The standard InChI is InChI=1S/C14H24N4O.ClH/c1-11-10-12(2)18(17-11)9-5-8-16-14(19)13-6-3-4-7-15-13;/h10,13,15H,3-9H2,1-2H3,(H,16,19);1H.